The van der Waals surface area contributed by atoms with Gasteiger partial charge in [0, 0.05) is 17.7 Å². The van der Waals surface area contributed by atoms with E-state index in [9.17, 15) is 8.42 Å². The van der Waals surface area contributed by atoms with Crippen molar-refractivity contribution in [2.75, 3.05) is 12.0 Å². The van der Waals surface area contributed by atoms with Crippen LogP contribution in [-0.2, 0) is 9.84 Å². The summed E-state index contributed by atoms with van der Waals surface area (Å²) in [6.07, 6.45) is 1.25. The molecule has 4 nitrogen and oxygen atoms in total. The summed E-state index contributed by atoms with van der Waals surface area (Å²) in [7, 11) is -2.97. The first-order chi connectivity index (χ1) is 8.85. The van der Waals surface area contributed by atoms with Crippen molar-refractivity contribution in [1.29, 1.82) is 0 Å². The predicted molar refractivity (Wildman–Crippen MR) is 76.9 cm³/mol. The molecule has 0 amide bonds. The number of furan rings is 1. The third-order valence-corrected chi connectivity index (χ3v) is 4.06. The smallest absolute Gasteiger partial charge is 0.148 e. The molecule has 1 aromatic carbocycles. The molecule has 0 aliphatic carbocycles. The monoisotopic (exact) mass is 281 g/mol. The first-order valence-electron chi connectivity index (χ1n) is 6.27. The Kier molecular flexibility index (Phi) is 3.96. The summed E-state index contributed by atoms with van der Waals surface area (Å²) < 4.78 is 28.2. The molecule has 2 unspecified atom stereocenters. The summed E-state index contributed by atoms with van der Waals surface area (Å²) in [6.45, 7) is 3.83. The van der Waals surface area contributed by atoms with Gasteiger partial charge in [0.2, 0.25) is 0 Å². The Morgan fingerprint density at radius 3 is 2.58 bits per heavy atom. The molecule has 1 heterocycles. The van der Waals surface area contributed by atoms with Crippen LogP contribution in [0.3, 0.4) is 0 Å². The molecule has 0 aliphatic heterocycles. The third-order valence-electron chi connectivity index (χ3n) is 2.96. The number of sulfone groups is 1. The van der Waals surface area contributed by atoms with E-state index in [0.29, 0.717) is 0 Å². The fraction of sp³-hybridized carbons (Fsp3) is 0.429. The Labute approximate surface area is 113 Å². The summed E-state index contributed by atoms with van der Waals surface area (Å²) in [5.74, 6) is 0.943. The van der Waals surface area contributed by atoms with Crippen LogP contribution < -0.4 is 5.32 Å². The molecule has 2 aromatic rings. The van der Waals surface area contributed by atoms with Crippen LogP contribution in [0.5, 0.6) is 0 Å². The molecular weight excluding hydrogens is 262 g/mol. The summed E-state index contributed by atoms with van der Waals surface area (Å²) in [5.41, 5.74) is 0.849. The second-order valence-electron chi connectivity index (χ2n) is 5.07. The van der Waals surface area contributed by atoms with Crippen LogP contribution in [0.4, 0.5) is 0 Å². The average Bonchev–Trinajstić information content (AvgIpc) is 2.69. The van der Waals surface area contributed by atoms with E-state index in [-0.39, 0.29) is 17.8 Å². The van der Waals surface area contributed by atoms with E-state index < -0.39 is 9.84 Å². The number of rotatable bonds is 5. The Morgan fingerprint density at radius 2 is 1.95 bits per heavy atom. The van der Waals surface area contributed by atoms with Gasteiger partial charge in [0.25, 0.3) is 0 Å². The molecule has 0 spiro atoms. The predicted octanol–water partition coefficient (Wildman–Crippen LogP) is 2.52. The normalized spacial score (nSPS) is 15.5. The van der Waals surface area contributed by atoms with E-state index in [2.05, 4.69) is 5.32 Å². The first kappa shape index (κ1) is 14.1. The summed E-state index contributed by atoms with van der Waals surface area (Å²) in [5, 5.41) is 4.30. The topological polar surface area (TPSA) is 59.3 Å². The Hall–Kier alpha value is -1.33. The standard InChI is InChI=1S/C14H19NO3S/c1-10(9-19(3,16)17)15-11(2)14-8-12-6-4-5-7-13(12)18-14/h4-8,10-11,15H,9H2,1-3H3. The number of benzene rings is 1. The van der Waals surface area contributed by atoms with Gasteiger partial charge in [-0.15, -0.1) is 0 Å². The van der Waals surface area contributed by atoms with Crippen molar-refractivity contribution in [3.8, 4) is 0 Å². The van der Waals surface area contributed by atoms with Gasteiger partial charge in [0.1, 0.15) is 21.2 Å². The largest absolute Gasteiger partial charge is 0.459 e. The Bertz CT molecular complexity index is 627. The van der Waals surface area contributed by atoms with Crippen LogP contribution in [0.15, 0.2) is 34.7 Å². The number of nitrogens with one attached hydrogen (secondary N) is 1. The van der Waals surface area contributed by atoms with Crippen molar-refractivity contribution < 1.29 is 12.8 Å². The van der Waals surface area contributed by atoms with Crippen LogP contribution in [0.1, 0.15) is 25.6 Å². The lowest BCUT2D eigenvalue weighted by atomic mass is 10.2. The molecule has 0 bridgehead atoms. The van der Waals surface area contributed by atoms with Crippen molar-refractivity contribution in [2.24, 2.45) is 0 Å². The molecule has 2 rings (SSSR count). The van der Waals surface area contributed by atoms with Crippen LogP contribution in [0.2, 0.25) is 0 Å². The van der Waals surface area contributed by atoms with Gasteiger partial charge in [-0.25, -0.2) is 8.42 Å². The number of hydrogen-bond donors (Lipinski definition) is 1. The zero-order valence-corrected chi connectivity index (χ0v) is 12.2. The van der Waals surface area contributed by atoms with Crippen molar-refractivity contribution in [1.82, 2.24) is 5.32 Å². The van der Waals surface area contributed by atoms with Gasteiger partial charge in [-0.1, -0.05) is 18.2 Å². The zero-order valence-electron chi connectivity index (χ0n) is 11.4. The molecule has 104 valence electrons. The molecule has 19 heavy (non-hydrogen) atoms. The second-order valence-corrected chi connectivity index (χ2v) is 7.25. The van der Waals surface area contributed by atoms with E-state index in [1.54, 1.807) is 0 Å². The van der Waals surface area contributed by atoms with E-state index in [4.69, 9.17) is 4.42 Å². The van der Waals surface area contributed by atoms with Crippen molar-refractivity contribution in [3.05, 3.63) is 36.1 Å². The number of para-hydroxylation sites is 1. The molecule has 1 aromatic heterocycles. The van der Waals surface area contributed by atoms with Crippen molar-refractivity contribution in [3.63, 3.8) is 0 Å². The van der Waals surface area contributed by atoms with E-state index in [1.807, 2.05) is 44.2 Å². The SMILES string of the molecule is CC(CS(C)(=O)=O)NC(C)c1cc2ccccc2o1. The maximum absolute atomic E-state index is 11.2. The van der Waals surface area contributed by atoms with Crippen LogP contribution in [0.25, 0.3) is 11.0 Å². The van der Waals surface area contributed by atoms with Gasteiger partial charge in [0.15, 0.2) is 0 Å². The molecule has 5 heteroatoms. The van der Waals surface area contributed by atoms with Gasteiger partial charge < -0.3 is 9.73 Å². The highest BCUT2D eigenvalue weighted by Gasteiger charge is 2.16. The van der Waals surface area contributed by atoms with Crippen molar-refractivity contribution >= 4 is 20.8 Å². The molecule has 2 atom stereocenters. The quantitative estimate of drug-likeness (QED) is 0.915. The lowest BCUT2D eigenvalue weighted by Gasteiger charge is -2.17. The van der Waals surface area contributed by atoms with E-state index >= 15 is 0 Å². The molecule has 0 fully saturated rings. The highest BCUT2D eigenvalue weighted by Crippen LogP contribution is 2.23. The number of fused-ring (bicyclic) bond motifs is 1. The van der Waals surface area contributed by atoms with E-state index in [0.717, 1.165) is 16.7 Å². The summed E-state index contributed by atoms with van der Waals surface area (Å²) >= 11 is 0. The lowest BCUT2D eigenvalue weighted by molar-refractivity contribution is 0.423. The zero-order chi connectivity index (χ0) is 14.0. The molecule has 0 aliphatic rings. The average molecular weight is 281 g/mol. The van der Waals surface area contributed by atoms with Gasteiger partial charge in [-0.05, 0) is 26.0 Å². The summed E-state index contributed by atoms with van der Waals surface area (Å²) in [6, 6.07) is 9.66. The molecule has 0 saturated carbocycles. The van der Waals surface area contributed by atoms with Crippen LogP contribution in [-0.4, -0.2) is 26.5 Å². The van der Waals surface area contributed by atoms with Gasteiger partial charge >= 0.3 is 0 Å². The minimum Gasteiger partial charge on any atom is -0.459 e. The highest BCUT2D eigenvalue weighted by atomic mass is 32.2. The molecule has 1 N–H and O–H groups in total. The first-order valence-corrected chi connectivity index (χ1v) is 8.33. The fourth-order valence-electron chi connectivity index (χ4n) is 2.23. The minimum atomic E-state index is -2.97. The van der Waals surface area contributed by atoms with Gasteiger partial charge in [-0.3, -0.25) is 0 Å². The summed E-state index contributed by atoms with van der Waals surface area (Å²) in [4.78, 5) is 0. The lowest BCUT2D eigenvalue weighted by Crippen LogP contribution is -2.34. The van der Waals surface area contributed by atoms with Gasteiger partial charge in [0.05, 0.1) is 11.8 Å². The van der Waals surface area contributed by atoms with Crippen molar-refractivity contribution in [2.45, 2.75) is 25.9 Å². The fourth-order valence-corrected chi connectivity index (χ4v) is 3.23. The Morgan fingerprint density at radius 1 is 1.26 bits per heavy atom. The minimum absolute atomic E-state index is 0.0239. The number of hydrogen-bond acceptors (Lipinski definition) is 4. The van der Waals surface area contributed by atoms with Crippen LogP contribution in [0, 0.1) is 0 Å². The third kappa shape index (κ3) is 3.81. The second kappa shape index (κ2) is 5.35. The van der Waals surface area contributed by atoms with Crippen LogP contribution >= 0.6 is 0 Å². The maximum Gasteiger partial charge on any atom is 0.148 e. The molecule has 0 saturated heterocycles. The highest BCUT2D eigenvalue weighted by molar-refractivity contribution is 7.90. The Balaban J connectivity index is 2.09. The maximum atomic E-state index is 11.2. The molecular formula is C14H19NO3S. The van der Waals surface area contributed by atoms with E-state index in [1.165, 1.54) is 6.26 Å². The molecule has 0 radical (unpaired) electrons. The van der Waals surface area contributed by atoms with Gasteiger partial charge in [-0.2, -0.15) is 0 Å².